The molecule has 1 aliphatic carbocycles. The van der Waals surface area contributed by atoms with Crippen LogP contribution in [0, 0.1) is 5.41 Å². The molecule has 0 aromatic carbocycles. The summed E-state index contributed by atoms with van der Waals surface area (Å²) in [7, 11) is 0. The van der Waals surface area contributed by atoms with E-state index in [4.69, 9.17) is 0 Å². The SMILES string of the molecule is CCC(=O)[C@@H]1CC2(CC=CC2)CN1C(C)=O. The molecular formula is C13H19NO2. The maximum atomic E-state index is 11.9. The fourth-order valence-electron chi connectivity index (χ4n) is 2.96. The maximum absolute atomic E-state index is 11.9. The first-order valence-electron chi connectivity index (χ1n) is 6.03. The van der Waals surface area contributed by atoms with Gasteiger partial charge in [0, 0.05) is 19.9 Å². The van der Waals surface area contributed by atoms with Crippen LogP contribution in [0.25, 0.3) is 0 Å². The van der Waals surface area contributed by atoms with E-state index in [1.807, 2.05) is 6.92 Å². The van der Waals surface area contributed by atoms with Gasteiger partial charge in [-0.3, -0.25) is 9.59 Å². The smallest absolute Gasteiger partial charge is 0.220 e. The molecule has 1 amide bonds. The van der Waals surface area contributed by atoms with Crippen LogP contribution in [0.2, 0.25) is 0 Å². The molecular weight excluding hydrogens is 202 g/mol. The first-order valence-corrected chi connectivity index (χ1v) is 6.03. The Bertz CT molecular complexity index is 338. The van der Waals surface area contributed by atoms with E-state index in [0.29, 0.717) is 6.42 Å². The molecule has 1 aliphatic heterocycles. The van der Waals surface area contributed by atoms with Gasteiger partial charge in [0.1, 0.15) is 0 Å². The zero-order valence-corrected chi connectivity index (χ0v) is 10.0. The molecule has 1 spiro atoms. The van der Waals surface area contributed by atoms with Gasteiger partial charge in [0.05, 0.1) is 6.04 Å². The van der Waals surface area contributed by atoms with Crippen molar-refractivity contribution in [2.24, 2.45) is 5.41 Å². The molecule has 0 aromatic heterocycles. The molecule has 0 N–H and O–H groups in total. The van der Waals surface area contributed by atoms with E-state index >= 15 is 0 Å². The molecule has 1 heterocycles. The van der Waals surface area contributed by atoms with Crippen molar-refractivity contribution in [2.75, 3.05) is 6.54 Å². The summed E-state index contributed by atoms with van der Waals surface area (Å²) >= 11 is 0. The molecule has 1 atom stereocenters. The number of hydrogen-bond acceptors (Lipinski definition) is 2. The molecule has 0 unspecified atom stereocenters. The summed E-state index contributed by atoms with van der Waals surface area (Å²) in [6.07, 6.45) is 7.77. The number of nitrogens with zero attached hydrogens (tertiary/aromatic N) is 1. The molecule has 88 valence electrons. The molecule has 0 bridgehead atoms. The van der Waals surface area contributed by atoms with Crippen molar-refractivity contribution in [3.05, 3.63) is 12.2 Å². The monoisotopic (exact) mass is 221 g/mol. The highest BCUT2D eigenvalue weighted by molar-refractivity contribution is 5.89. The molecule has 1 saturated heterocycles. The maximum Gasteiger partial charge on any atom is 0.220 e. The standard InChI is InChI=1S/C13H19NO2/c1-3-12(16)11-8-13(6-4-5-7-13)9-14(11)10(2)15/h4-5,11H,3,6-9H2,1-2H3/t11-/m0/s1. The highest BCUT2D eigenvalue weighted by Crippen LogP contribution is 2.45. The fourth-order valence-corrected chi connectivity index (χ4v) is 2.96. The van der Waals surface area contributed by atoms with Gasteiger partial charge < -0.3 is 4.90 Å². The summed E-state index contributed by atoms with van der Waals surface area (Å²) in [5.74, 6) is 0.245. The third kappa shape index (κ3) is 1.79. The van der Waals surface area contributed by atoms with E-state index in [1.54, 1.807) is 11.8 Å². The number of ketones is 1. The van der Waals surface area contributed by atoms with Gasteiger partial charge in [-0.1, -0.05) is 19.1 Å². The van der Waals surface area contributed by atoms with Gasteiger partial charge in [0.25, 0.3) is 0 Å². The average molecular weight is 221 g/mol. The second-order valence-corrected chi connectivity index (χ2v) is 5.07. The van der Waals surface area contributed by atoms with Gasteiger partial charge in [-0.15, -0.1) is 0 Å². The second kappa shape index (κ2) is 4.04. The Morgan fingerprint density at radius 1 is 1.38 bits per heavy atom. The fraction of sp³-hybridized carbons (Fsp3) is 0.692. The Morgan fingerprint density at radius 3 is 2.50 bits per heavy atom. The lowest BCUT2D eigenvalue weighted by molar-refractivity contribution is -0.135. The van der Waals surface area contributed by atoms with E-state index < -0.39 is 0 Å². The van der Waals surface area contributed by atoms with Crippen molar-refractivity contribution in [1.29, 1.82) is 0 Å². The zero-order valence-electron chi connectivity index (χ0n) is 10.0. The summed E-state index contributed by atoms with van der Waals surface area (Å²) in [5, 5.41) is 0. The van der Waals surface area contributed by atoms with Crippen molar-refractivity contribution in [2.45, 2.75) is 45.6 Å². The summed E-state index contributed by atoms with van der Waals surface area (Å²) in [4.78, 5) is 25.2. The quantitative estimate of drug-likeness (QED) is 0.668. The number of carbonyl (C=O) groups is 2. The van der Waals surface area contributed by atoms with Crippen LogP contribution < -0.4 is 0 Å². The minimum atomic E-state index is -0.164. The molecule has 3 heteroatoms. The van der Waals surface area contributed by atoms with E-state index in [1.165, 1.54) is 0 Å². The Kier molecular flexibility index (Phi) is 2.87. The van der Waals surface area contributed by atoms with Gasteiger partial charge in [-0.25, -0.2) is 0 Å². The number of rotatable bonds is 2. The van der Waals surface area contributed by atoms with Crippen molar-refractivity contribution in [3.8, 4) is 0 Å². The Balaban J connectivity index is 2.17. The Morgan fingerprint density at radius 2 is 2.00 bits per heavy atom. The molecule has 3 nitrogen and oxygen atoms in total. The van der Waals surface area contributed by atoms with Crippen LogP contribution >= 0.6 is 0 Å². The highest BCUT2D eigenvalue weighted by Gasteiger charge is 2.47. The molecule has 2 aliphatic rings. The molecule has 0 radical (unpaired) electrons. The van der Waals surface area contributed by atoms with Crippen LogP contribution in [-0.4, -0.2) is 29.2 Å². The second-order valence-electron chi connectivity index (χ2n) is 5.07. The van der Waals surface area contributed by atoms with Crippen LogP contribution in [0.4, 0.5) is 0 Å². The van der Waals surface area contributed by atoms with E-state index in [-0.39, 0.29) is 23.1 Å². The van der Waals surface area contributed by atoms with E-state index in [0.717, 1.165) is 25.8 Å². The first kappa shape index (κ1) is 11.4. The lowest BCUT2D eigenvalue weighted by Gasteiger charge is -2.23. The van der Waals surface area contributed by atoms with Gasteiger partial charge in [-0.2, -0.15) is 0 Å². The number of likely N-dealkylation sites (tertiary alicyclic amines) is 1. The normalized spacial score (nSPS) is 26.6. The van der Waals surface area contributed by atoms with Gasteiger partial charge in [0.2, 0.25) is 5.91 Å². The first-order chi connectivity index (χ1) is 7.58. The molecule has 0 aromatic rings. The van der Waals surface area contributed by atoms with Crippen molar-refractivity contribution < 1.29 is 9.59 Å². The minimum absolute atomic E-state index is 0.0376. The van der Waals surface area contributed by atoms with Crippen LogP contribution in [0.15, 0.2) is 12.2 Å². The third-order valence-corrected chi connectivity index (χ3v) is 3.90. The van der Waals surface area contributed by atoms with Crippen molar-refractivity contribution in [3.63, 3.8) is 0 Å². The van der Waals surface area contributed by atoms with Gasteiger partial charge in [-0.05, 0) is 24.7 Å². The highest BCUT2D eigenvalue weighted by atomic mass is 16.2. The number of Topliss-reactive ketones (excluding diaryl/α,β-unsaturated/α-hetero) is 1. The van der Waals surface area contributed by atoms with Crippen LogP contribution in [-0.2, 0) is 9.59 Å². The average Bonchev–Trinajstić information content (AvgIpc) is 2.86. The Labute approximate surface area is 96.5 Å². The number of hydrogen-bond donors (Lipinski definition) is 0. The lowest BCUT2D eigenvalue weighted by atomic mass is 9.82. The van der Waals surface area contributed by atoms with Crippen LogP contribution in [0.3, 0.4) is 0 Å². The summed E-state index contributed by atoms with van der Waals surface area (Å²) in [6, 6.07) is -0.164. The van der Waals surface area contributed by atoms with Crippen LogP contribution in [0.5, 0.6) is 0 Å². The largest absolute Gasteiger partial charge is 0.332 e. The summed E-state index contributed by atoms with van der Waals surface area (Å²) in [6.45, 7) is 4.20. The number of amides is 1. The van der Waals surface area contributed by atoms with Crippen LogP contribution in [0.1, 0.15) is 39.5 Å². The van der Waals surface area contributed by atoms with Gasteiger partial charge in [0.15, 0.2) is 5.78 Å². The summed E-state index contributed by atoms with van der Waals surface area (Å²) < 4.78 is 0. The van der Waals surface area contributed by atoms with E-state index in [9.17, 15) is 9.59 Å². The molecule has 2 rings (SSSR count). The zero-order chi connectivity index (χ0) is 11.8. The third-order valence-electron chi connectivity index (χ3n) is 3.90. The topological polar surface area (TPSA) is 37.4 Å². The predicted molar refractivity (Wildman–Crippen MR) is 61.9 cm³/mol. The van der Waals surface area contributed by atoms with Crippen molar-refractivity contribution in [1.82, 2.24) is 4.90 Å². The van der Waals surface area contributed by atoms with Gasteiger partial charge >= 0.3 is 0 Å². The molecule has 1 fully saturated rings. The number of carbonyl (C=O) groups excluding carboxylic acids is 2. The molecule has 0 saturated carbocycles. The molecule has 16 heavy (non-hydrogen) atoms. The predicted octanol–water partition coefficient (Wildman–Crippen LogP) is 1.92. The van der Waals surface area contributed by atoms with Crippen molar-refractivity contribution >= 4 is 11.7 Å². The van der Waals surface area contributed by atoms with E-state index in [2.05, 4.69) is 12.2 Å². The lowest BCUT2D eigenvalue weighted by Crippen LogP contribution is -2.39. The Hall–Kier alpha value is -1.12. The number of allylic oxidation sites excluding steroid dienone is 2. The minimum Gasteiger partial charge on any atom is -0.332 e. The summed E-state index contributed by atoms with van der Waals surface area (Å²) in [5.41, 5.74) is 0.168.